The Kier molecular flexibility index (Phi) is 9.52. The van der Waals surface area contributed by atoms with Gasteiger partial charge in [-0.1, -0.05) is 73.2 Å². The van der Waals surface area contributed by atoms with Gasteiger partial charge in [-0.05, 0) is 61.9 Å². The molecule has 0 spiro atoms. The van der Waals surface area contributed by atoms with Crippen LogP contribution in [0.25, 0.3) is 11.1 Å². The van der Waals surface area contributed by atoms with Crippen molar-refractivity contribution in [2.45, 2.75) is 76.2 Å². The molecule has 0 unspecified atom stereocenters. The Morgan fingerprint density at radius 2 is 1.63 bits per heavy atom. The summed E-state index contributed by atoms with van der Waals surface area (Å²) in [6.07, 6.45) is 10.6. The van der Waals surface area contributed by atoms with E-state index in [9.17, 15) is 9.90 Å². The molecule has 0 aromatic heterocycles. The van der Waals surface area contributed by atoms with E-state index >= 15 is 0 Å². The Bertz CT molecular complexity index is 937. The molecule has 1 saturated heterocycles. The van der Waals surface area contributed by atoms with E-state index in [0.717, 1.165) is 31.5 Å². The number of hydrogen-bond acceptors (Lipinski definition) is 4. The van der Waals surface area contributed by atoms with E-state index in [2.05, 4.69) is 59.5 Å². The number of likely N-dealkylation sites (tertiary alicyclic amines) is 1. The molecule has 1 heterocycles. The molecule has 2 fully saturated rings. The average Bonchev–Trinajstić information content (AvgIpc) is 3.20. The van der Waals surface area contributed by atoms with E-state index in [1.807, 2.05) is 12.1 Å². The third-order valence-electron chi connectivity index (χ3n) is 7.48. The highest BCUT2D eigenvalue weighted by molar-refractivity contribution is 5.66. The minimum Gasteiger partial charge on any atom is -0.481 e. The van der Waals surface area contributed by atoms with Crippen molar-refractivity contribution in [3.63, 3.8) is 0 Å². The van der Waals surface area contributed by atoms with Gasteiger partial charge in [0.25, 0.3) is 0 Å². The molecule has 4 rings (SSSR count). The first-order valence-electron chi connectivity index (χ1n) is 13.2. The summed E-state index contributed by atoms with van der Waals surface area (Å²) in [6, 6.07) is 19.1. The fraction of sp³-hybridized carbons (Fsp3) is 0.500. The van der Waals surface area contributed by atoms with Crippen molar-refractivity contribution in [3.05, 3.63) is 72.3 Å². The van der Waals surface area contributed by atoms with Crippen molar-refractivity contribution in [1.29, 1.82) is 0 Å². The zero-order valence-electron chi connectivity index (χ0n) is 20.6. The van der Waals surface area contributed by atoms with Gasteiger partial charge in [0.15, 0.2) is 0 Å². The fourth-order valence-electron chi connectivity index (χ4n) is 5.69. The molecule has 1 aliphatic carbocycles. The number of aliphatic hydroxyl groups excluding tert-OH is 1. The Balaban J connectivity index is 1.37. The molecule has 0 amide bonds. The first-order valence-corrected chi connectivity index (χ1v) is 13.2. The first kappa shape index (κ1) is 25.6. The van der Waals surface area contributed by atoms with Crippen molar-refractivity contribution in [3.8, 4) is 11.1 Å². The number of hydrogen-bond donors (Lipinski definition) is 2. The zero-order valence-corrected chi connectivity index (χ0v) is 20.6. The van der Waals surface area contributed by atoms with Gasteiger partial charge >= 0.3 is 5.97 Å². The largest absolute Gasteiger partial charge is 0.481 e. The number of benzene rings is 2. The number of allylic oxidation sites excluding steroid dienone is 2. The maximum absolute atomic E-state index is 11.0. The molecular formula is C30H39NO4. The Morgan fingerprint density at radius 3 is 2.34 bits per heavy atom. The second kappa shape index (κ2) is 13.0. The van der Waals surface area contributed by atoms with Crippen LogP contribution in [0.15, 0.2) is 66.7 Å². The summed E-state index contributed by atoms with van der Waals surface area (Å²) in [5, 5.41) is 19.9. The normalized spacial score (nSPS) is 25.3. The second-order valence-electron chi connectivity index (χ2n) is 9.95. The molecule has 2 aromatic carbocycles. The Labute approximate surface area is 209 Å². The van der Waals surface area contributed by atoms with Crippen LogP contribution in [0.1, 0.15) is 56.9 Å². The van der Waals surface area contributed by atoms with Gasteiger partial charge in [0.2, 0.25) is 0 Å². The van der Waals surface area contributed by atoms with Gasteiger partial charge in [-0.15, -0.1) is 0 Å². The molecule has 5 nitrogen and oxygen atoms in total. The summed E-state index contributed by atoms with van der Waals surface area (Å²) in [5.41, 5.74) is 3.55. The summed E-state index contributed by atoms with van der Waals surface area (Å²) < 4.78 is 6.46. The summed E-state index contributed by atoms with van der Waals surface area (Å²) in [7, 11) is 0. The first-order chi connectivity index (χ1) is 17.1. The lowest BCUT2D eigenvalue weighted by Gasteiger charge is -2.38. The molecular weight excluding hydrogens is 438 g/mol. The van der Waals surface area contributed by atoms with Crippen LogP contribution in [0.5, 0.6) is 0 Å². The van der Waals surface area contributed by atoms with Crippen LogP contribution in [0, 0.1) is 5.92 Å². The smallest absolute Gasteiger partial charge is 0.303 e. The van der Waals surface area contributed by atoms with E-state index in [1.165, 1.54) is 30.4 Å². The van der Waals surface area contributed by atoms with Gasteiger partial charge in [-0.2, -0.15) is 0 Å². The summed E-state index contributed by atoms with van der Waals surface area (Å²) in [4.78, 5) is 13.2. The number of aliphatic carboxylic acids is 1. The van der Waals surface area contributed by atoms with Gasteiger partial charge < -0.3 is 14.9 Å². The van der Waals surface area contributed by atoms with E-state index in [4.69, 9.17) is 9.84 Å². The number of carboxylic acid groups (broad SMARTS) is 1. The van der Waals surface area contributed by atoms with E-state index < -0.39 is 5.97 Å². The fourth-order valence-corrected chi connectivity index (χ4v) is 5.69. The molecule has 2 N–H and O–H groups in total. The highest BCUT2D eigenvalue weighted by Gasteiger charge is 2.45. The van der Waals surface area contributed by atoms with Gasteiger partial charge in [-0.25, -0.2) is 0 Å². The van der Waals surface area contributed by atoms with Crippen molar-refractivity contribution in [1.82, 2.24) is 4.90 Å². The summed E-state index contributed by atoms with van der Waals surface area (Å²) >= 11 is 0. The lowest BCUT2D eigenvalue weighted by atomic mass is 9.92. The molecule has 35 heavy (non-hydrogen) atoms. The van der Waals surface area contributed by atoms with E-state index in [-0.39, 0.29) is 30.6 Å². The highest BCUT2D eigenvalue weighted by Crippen LogP contribution is 2.38. The van der Waals surface area contributed by atoms with Crippen LogP contribution >= 0.6 is 0 Å². The molecule has 1 saturated carbocycles. The van der Waals surface area contributed by atoms with Gasteiger partial charge in [-0.3, -0.25) is 9.69 Å². The molecule has 0 radical (unpaired) electrons. The van der Waals surface area contributed by atoms with Gasteiger partial charge in [0.05, 0.1) is 18.8 Å². The topological polar surface area (TPSA) is 70.0 Å². The number of rotatable bonds is 11. The van der Waals surface area contributed by atoms with Crippen LogP contribution in [0.4, 0.5) is 0 Å². The molecule has 5 heteroatoms. The number of piperidine rings is 1. The monoisotopic (exact) mass is 477 g/mol. The summed E-state index contributed by atoms with van der Waals surface area (Å²) in [5.74, 6) is -0.486. The standard InChI is InChI=1S/C30H39NO4/c32-27-21-28(35-22-23-15-17-25(18-16-23)24-11-5-3-6-12-24)26(13-7-1-2-8-14-29(33)34)30(27)31-19-9-4-10-20-31/h1-3,5-6,11-12,15-18,26-28,30,32H,4,7-10,13-14,19-22H2,(H,33,34)/b2-1+/t26-,27+,28+,30-/m1/s1. The maximum atomic E-state index is 11.0. The van der Waals surface area contributed by atoms with Crippen molar-refractivity contribution in [2.75, 3.05) is 13.1 Å². The zero-order chi connectivity index (χ0) is 24.5. The Hall–Kier alpha value is -2.47. The molecule has 1 aliphatic heterocycles. The van der Waals surface area contributed by atoms with Crippen LogP contribution < -0.4 is 0 Å². The van der Waals surface area contributed by atoms with Crippen molar-refractivity contribution < 1.29 is 19.7 Å². The molecule has 188 valence electrons. The second-order valence-corrected chi connectivity index (χ2v) is 9.95. The number of carboxylic acids is 1. The third kappa shape index (κ3) is 7.26. The minimum atomic E-state index is -0.760. The minimum absolute atomic E-state index is 0.0261. The predicted molar refractivity (Wildman–Crippen MR) is 139 cm³/mol. The van der Waals surface area contributed by atoms with Crippen LogP contribution in [-0.4, -0.2) is 52.4 Å². The van der Waals surface area contributed by atoms with E-state index in [0.29, 0.717) is 19.4 Å². The van der Waals surface area contributed by atoms with Gasteiger partial charge in [0.1, 0.15) is 0 Å². The average molecular weight is 478 g/mol. The van der Waals surface area contributed by atoms with Crippen molar-refractivity contribution in [2.24, 2.45) is 5.92 Å². The van der Waals surface area contributed by atoms with Gasteiger partial charge in [0, 0.05) is 24.8 Å². The predicted octanol–water partition coefficient (Wildman–Crippen LogP) is 5.68. The SMILES string of the molecule is O=C(O)CC/C=C/CC[C@H]1[C@@H](N2CCCCC2)[C@@H](O)C[C@@H]1OCc1ccc(-c2ccccc2)cc1. The molecule has 0 bridgehead atoms. The number of nitrogens with zero attached hydrogens (tertiary/aromatic N) is 1. The van der Waals surface area contributed by atoms with Crippen molar-refractivity contribution >= 4 is 5.97 Å². The third-order valence-corrected chi connectivity index (χ3v) is 7.48. The number of carbonyl (C=O) groups is 1. The number of ether oxygens (including phenoxy) is 1. The quantitative estimate of drug-likeness (QED) is 0.408. The Morgan fingerprint density at radius 1 is 0.943 bits per heavy atom. The molecule has 2 aliphatic rings. The van der Waals surface area contributed by atoms with Crippen LogP contribution in [0.3, 0.4) is 0 Å². The highest BCUT2D eigenvalue weighted by atomic mass is 16.5. The molecule has 2 aromatic rings. The van der Waals surface area contributed by atoms with Crippen LogP contribution in [-0.2, 0) is 16.1 Å². The maximum Gasteiger partial charge on any atom is 0.303 e. The summed E-state index contributed by atoms with van der Waals surface area (Å²) in [6.45, 7) is 2.66. The molecule has 4 atom stereocenters. The van der Waals surface area contributed by atoms with E-state index in [1.54, 1.807) is 0 Å². The lowest BCUT2D eigenvalue weighted by molar-refractivity contribution is -0.136. The van der Waals surface area contributed by atoms with Crippen LogP contribution in [0.2, 0.25) is 0 Å². The number of aliphatic hydroxyl groups is 1. The lowest BCUT2D eigenvalue weighted by Crippen LogP contribution is -2.47.